The first kappa shape index (κ1) is 21.9. The third kappa shape index (κ3) is 4.95. The van der Waals surface area contributed by atoms with Crippen molar-refractivity contribution in [1.82, 2.24) is 10.2 Å². The highest BCUT2D eigenvalue weighted by Gasteiger charge is 2.41. The zero-order valence-corrected chi connectivity index (χ0v) is 17.4. The fourth-order valence-corrected chi connectivity index (χ4v) is 3.77. The number of hydrogen-bond acceptors (Lipinski definition) is 4. The molecule has 1 aliphatic heterocycles. The SMILES string of the molecule is CCC(O)(CC)CNC(=NC)N1CCS(=O)(=O)C(C)(C)C1.I. The molecular formula is C14H30IN3O3S. The van der Waals surface area contributed by atoms with E-state index in [4.69, 9.17) is 0 Å². The number of guanidine groups is 1. The lowest BCUT2D eigenvalue weighted by Crippen LogP contribution is -2.58. The molecule has 22 heavy (non-hydrogen) atoms. The standard InChI is InChI=1S/C14H29N3O3S.HI/c1-6-14(18,7-2)10-16-12(15-5)17-8-9-21(19,20)13(3,4)11-17;/h18H,6-11H2,1-5H3,(H,15,16);1H. The van der Waals surface area contributed by atoms with Crippen LogP contribution in [0.3, 0.4) is 0 Å². The van der Waals surface area contributed by atoms with Crippen LogP contribution < -0.4 is 5.32 Å². The predicted octanol–water partition coefficient (Wildman–Crippen LogP) is 1.24. The number of rotatable bonds is 4. The monoisotopic (exact) mass is 447 g/mol. The summed E-state index contributed by atoms with van der Waals surface area (Å²) in [6, 6.07) is 0. The maximum absolute atomic E-state index is 12.0. The Hall–Kier alpha value is -0.0900. The first-order valence-electron chi connectivity index (χ1n) is 7.51. The lowest BCUT2D eigenvalue weighted by atomic mass is 9.98. The van der Waals surface area contributed by atoms with Crippen LogP contribution in [0.4, 0.5) is 0 Å². The maximum atomic E-state index is 12.0. The van der Waals surface area contributed by atoms with Crippen molar-refractivity contribution in [2.75, 3.05) is 32.4 Å². The van der Waals surface area contributed by atoms with Crippen LogP contribution in [0.25, 0.3) is 0 Å². The number of halogens is 1. The van der Waals surface area contributed by atoms with E-state index in [1.165, 1.54) is 0 Å². The molecule has 1 heterocycles. The summed E-state index contributed by atoms with van der Waals surface area (Å²) in [6.07, 6.45) is 1.32. The van der Waals surface area contributed by atoms with Crippen molar-refractivity contribution in [2.24, 2.45) is 4.99 Å². The van der Waals surface area contributed by atoms with Crippen molar-refractivity contribution in [1.29, 1.82) is 0 Å². The van der Waals surface area contributed by atoms with Crippen molar-refractivity contribution in [3.05, 3.63) is 0 Å². The van der Waals surface area contributed by atoms with Crippen LogP contribution in [-0.4, -0.2) is 67.2 Å². The van der Waals surface area contributed by atoms with Gasteiger partial charge in [0, 0.05) is 26.7 Å². The van der Waals surface area contributed by atoms with Gasteiger partial charge in [0.05, 0.1) is 16.1 Å². The first-order valence-corrected chi connectivity index (χ1v) is 9.16. The molecule has 1 aliphatic rings. The van der Waals surface area contributed by atoms with Crippen molar-refractivity contribution in [2.45, 2.75) is 50.9 Å². The molecule has 0 aliphatic carbocycles. The summed E-state index contributed by atoms with van der Waals surface area (Å²) in [7, 11) is -1.39. The quantitative estimate of drug-likeness (QED) is 0.385. The molecule has 0 bridgehead atoms. The predicted molar refractivity (Wildman–Crippen MR) is 102 cm³/mol. The largest absolute Gasteiger partial charge is 0.388 e. The van der Waals surface area contributed by atoms with Gasteiger partial charge in [-0.25, -0.2) is 8.42 Å². The molecule has 0 saturated carbocycles. The van der Waals surface area contributed by atoms with E-state index < -0.39 is 20.2 Å². The van der Waals surface area contributed by atoms with Gasteiger partial charge in [-0.2, -0.15) is 0 Å². The van der Waals surface area contributed by atoms with Crippen LogP contribution in [-0.2, 0) is 9.84 Å². The van der Waals surface area contributed by atoms with Crippen molar-refractivity contribution in [3.8, 4) is 0 Å². The summed E-state index contributed by atoms with van der Waals surface area (Å²) in [5.41, 5.74) is -0.757. The van der Waals surface area contributed by atoms with Crippen molar-refractivity contribution < 1.29 is 13.5 Å². The zero-order valence-electron chi connectivity index (χ0n) is 14.2. The summed E-state index contributed by atoms with van der Waals surface area (Å²) >= 11 is 0. The van der Waals surface area contributed by atoms with Crippen LogP contribution in [0.15, 0.2) is 4.99 Å². The van der Waals surface area contributed by atoms with E-state index in [-0.39, 0.29) is 29.7 Å². The van der Waals surface area contributed by atoms with E-state index in [0.717, 1.165) is 0 Å². The van der Waals surface area contributed by atoms with Crippen LogP contribution >= 0.6 is 24.0 Å². The molecule has 2 N–H and O–H groups in total. The van der Waals surface area contributed by atoms with Gasteiger partial charge < -0.3 is 15.3 Å². The Morgan fingerprint density at radius 2 is 1.91 bits per heavy atom. The van der Waals surface area contributed by atoms with Crippen LogP contribution in [0.2, 0.25) is 0 Å². The van der Waals surface area contributed by atoms with Gasteiger partial charge in [0.1, 0.15) is 0 Å². The van der Waals surface area contributed by atoms with Crippen LogP contribution in [0, 0.1) is 0 Å². The van der Waals surface area contributed by atoms with E-state index in [0.29, 0.717) is 38.4 Å². The number of nitrogens with one attached hydrogen (secondary N) is 1. The highest BCUT2D eigenvalue weighted by molar-refractivity contribution is 14.0. The van der Waals surface area contributed by atoms with E-state index >= 15 is 0 Å². The van der Waals surface area contributed by atoms with E-state index in [1.807, 2.05) is 18.7 Å². The Morgan fingerprint density at radius 3 is 2.32 bits per heavy atom. The Bertz CT molecular complexity index is 488. The Morgan fingerprint density at radius 1 is 1.36 bits per heavy atom. The number of nitrogens with zero attached hydrogens (tertiary/aromatic N) is 2. The summed E-state index contributed by atoms with van der Waals surface area (Å²) in [5, 5.41) is 13.5. The minimum Gasteiger partial charge on any atom is -0.388 e. The third-order valence-electron chi connectivity index (χ3n) is 4.45. The van der Waals surface area contributed by atoms with Gasteiger partial charge in [0.15, 0.2) is 15.8 Å². The number of hydrogen-bond donors (Lipinski definition) is 2. The van der Waals surface area contributed by atoms with Gasteiger partial charge in [0.2, 0.25) is 0 Å². The summed E-state index contributed by atoms with van der Waals surface area (Å²) in [4.78, 5) is 6.17. The molecule has 0 radical (unpaired) electrons. The molecule has 1 fully saturated rings. The van der Waals surface area contributed by atoms with Crippen LogP contribution in [0.1, 0.15) is 40.5 Å². The van der Waals surface area contributed by atoms with E-state index in [9.17, 15) is 13.5 Å². The summed E-state index contributed by atoms with van der Waals surface area (Å²) in [5.74, 6) is 0.783. The topological polar surface area (TPSA) is 82.0 Å². The second-order valence-corrected chi connectivity index (χ2v) is 9.08. The smallest absolute Gasteiger partial charge is 0.193 e. The average Bonchev–Trinajstić information content (AvgIpc) is 2.43. The zero-order chi connectivity index (χ0) is 16.3. The molecule has 1 saturated heterocycles. The molecule has 1 rings (SSSR count). The normalized spacial score (nSPS) is 21.2. The molecule has 0 aromatic rings. The van der Waals surface area contributed by atoms with E-state index in [2.05, 4.69) is 10.3 Å². The minimum atomic E-state index is -3.06. The molecule has 0 atom stereocenters. The summed E-state index contributed by atoms with van der Waals surface area (Å²) in [6.45, 7) is 8.64. The molecule has 132 valence electrons. The number of sulfone groups is 1. The lowest BCUT2D eigenvalue weighted by molar-refractivity contribution is 0.0361. The highest BCUT2D eigenvalue weighted by atomic mass is 127. The Labute approximate surface area is 151 Å². The van der Waals surface area contributed by atoms with Gasteiger partial charge in [0.25, 0.3) is 0 Å². The summed E-state index contributed by atoms with van der Waals surface area (Å²) < 4.78 is 23.3. The van der Waals surface area contributed by atoms with Gasteiger partial charge in [-0.1, -0.05) is 13.8 Å². The second kappa shape index (κ2) is 8.14. The molecular weight excluding hydrogens is 417 g/mol. The molecule has 0 aromatic heterocycles. The molecule has 0 spiro atoms. The molecule has 0 aromatic carbocycles. The Balaban J connectivity index is 0.00000441. The molecule has 0 unspecified atom stereocenters. The van der Waals surface area contributed by atoms with E-state index in [1.54, 1.807) is 20.9 Å². The highest BCUT2D eigenvalue weighted by Crippen LogP contribution is 2.23. The minimum absolute atomic E-state index is 0. The second-order valence-electron chi connectivity index (χ2n) is 6.33. The maximum Gasteiger partial charge on any atom is 0.193 e. The fourth-order valence-electron chi connectivity index (χ4n) is 2.40. The molecule has 6 nitrogen and oxygen atoms in total. The van der Waals surface area contributed by atoms with Crippen molar-refractivity contribution >= 4 is 39.8 Å². The third-order valence-corrected chi connectivity index (χ3v) is 6.98. The molecule has 8 heteroatoms. The lowest BCUT2D eigenvalue weighted by Gasteiger charge is -2.39. The first-order chi connectivity index (χ1) is 9.61. The van der Waals surface area contributed by atoms with Gasteiger partial charge in [-0.05, 0) is 26.7 Å². The van der Waals surface area contributed by atoms with Gasteiger partial charge in [-0.15, -0.1) is 24.0 Å². The fraction of sp³-hybridized carbons (Fsp3) is 0.929. The van der Waals surface area contributed by atoms with Gasteiger partial charge in [-0.3, -0.25) is 4.99 Å². The average molecular weight is 447 g/mol. The molecule has 0 amide bonds. The Kier molecular flexibility index (Phi) is 8.11. The van der Waals surface area contributed by atoms with Crippen LogP contribution in [0.5, 0.6) is 0 Å². The number of aliphatic imine (C=N–C) groups is 1. The van der Waals surface area contributed by atoms with Crippen molar-refractivity contribution in [3.63, 3.8) is 0 Å². The van der Waals surface area contributed by atoms with Gasteiger partial charge >= 0.3 is 0 Å². The number of aliphatic hydroxyl groups is 1.